The molecule has 0 fully saturated rings. The Morgan fingerprint density at radius 3 is 2.61 bits per heavy atom. The normalized spacial score (nSPS) is 14.3. The Balaban J connectivity index is 2.38. The lowest BCUT2D eigenvalue weighted by Gasteiger charge is -2.11. The highest BCUT2D eigenvalue weighted by Crippen LogP contribution is 2.20. The topological polar surface area (TPSA) is 80.9 Å². The largest absolute Gasteiger partial charge is 0.508 e. The quantitative estimate of drug-likeness (QED) is 0.472. The van der Waals surface area contributed by atoms with Crippen LogP contribution in [0.1, 0.15) is 50.2 Å². The van der Waals surface area contributed by atoms with Crippen LogP contribution in [0.2, 0.25) is 0 Å². The van der Waals surface area contributed by atoms with E-state index < -0.39 is 6.10 Å². The van der Waals surface area contributed by atoms with Crippen LogP contribution in [0.15, 0.2) is 30.4 Å². The maximum absolute atomic E-state index is 10.0. The lowest BCUT2D eigenvalue weighted by molar-refractivity contribution is 0.208. The molecule has 4 N–H and O–H groups in total. The number of allylic oxidation sites excluding steroid dienone is 1. The van der Waals surface area contributed by atoms with Gasteiger partial charge in [0.2, 0.25) is 0 Å². The molecule has 0 spiro atoms. The molecule has 1 rings (SSSR count). The van der Waals surface area contributed by atoms with Gasteiger partial charge in [0.25, 0.3) is 0 Å². The van der Waals surface area contributed by atoms with Crippen LogP contribution in [-0.4, -0.2) is 33.1 Å². The second-order valence-corrected chi connectivity index (χ2v) is 6.08. The van der Waals surface area contributed by atoms with E-state index in [0.29, 0.717) is 18.4 Å². The maximum atomic E-state index is 10.0. The number of aryl methyl sites for hydroxylation is 1. The van der Waals surface area contributed by atoms with Gasteiger partial charge in [0.15, 0.2) is 0 Å². The van der Waals surface area contributed by atoms with Crippen molar-refractivity contribution < 1.29 is 20.4 Å². The molecule has 1 aromatic rings. The third-order valence-electron chi connectivity index (χ3n) is 4.09. The standard InChI is InChI=1S/C19H30O4/c1-2-3-5-16(13-20)6-4-7-18(22)10-8-15-9-11-19(23)17(12-15)14-21/h4,7,9,11-12,16,18,20-23H,2-3,5-6,8,10,13-14H2,1H3/b7-4+. The molecular formula is C19H30O4. The Hall–Kier alpha value is -1.36. The molecule has 2 atom stereocenters. The van der Waals surface area contributed by atoms with Gasteiger partial charge in [-0.25, -0.2) is 0 Å². The summed E-state index contributed by atoms with van der Waals surface area (Å²) in [4.78, 5) is 0. The van der Waals surface area contributed by atoms with Crippen molar-refractivity contribution in [1.82, 2.24) is 0 Å². The summed E-state index contributed by atoms with van der Waals surface area (Å²) >= 11 is 0. The van der Waals surface area contributed by atoms with Gasteiger partial charge in [-0.2, -0.15) is 0 Å². The zero-order valence-corrected chi connectivity index (χ0v) is 14.0. The summed E-state index contributed by atoms with van der Waals surface area (Å²) in [6, 6.07) is 5.14. The summed E-state index contributed by atoms with van der Waals surface area (Å²) in [5.41, 5.74) is 1.49. The number of aromatic hydroxyl groups is 1. The van der Waals surface area contributed by atoms with Gasteiger partial charge >= 0.3 is 0 Å². The molecule has 0 aliphatic heterocycles. The van der Waals surface area contributed by atoms with Crippen molar-refractivity contribution in [1.29, 1.82) is 0 Å². The van der Waals surface area contributed by atoms with E-state index in [4.69, 9.17) is 5.11 Å². The van der Waals surface area contributed by atoms with Crippen molar-refractivity contribution in [2.45, 2.75) is 58.2 Å². The first-order valence-corrected chi connectivity index (χ1v) is 8.47. The van der Waals surface area contributed by atoms with Crippen LogP contribution in [-0.2, 0) is 13.0 Å². The summed E-state index contributed by atoms with van der Waals surface area (Å²) in [6.45, 7) is 2.14. The van der Waals surface area contributed by atoms with Crippen molar-refractivity contribution in [2.24, 2.45) is 5.92 Å². The number of aliphatic hydroxyl groups is 3. The molecule has 4 nitrogen and oxygen atoms in total. The summed E-state index contributed by atoms with van der Waals surface area (Å²) in [6.07, 6.45) is 8.56. The Bertz CT molecular complexity index is 470. The third kappa shape index (κ3) is 7.64. The van der Waals surface area contributed by atoms with Gasteiger partial charge in [-0.1, -0.05) is 38.0 Å². The molecule has 0 saturated carbocycles. The highest BCUT2D eigenvalue weighted by molar-refractivity contribution is 5.35. The summed E-state index contributed by atoms with van der Waals surface area (Å²) in [7, 11) is 0. The highest BCUT2D eigenvalue weighted by Gasteiger charge is 2.06. The fraction of sp³-hybridized carbons (Fsp3) is 0.579. The van der Waals surface area contributed by atoms with Gasteiger partial charge in [0, 0.05) is 12.2 Å². The van der Waals surface area contributed by atoms with Crippen LogP contribution in [0.25, 0.3) is 0 Å². The molecule has 130 valence electrons. The van der Waals surface area contributed by atoms with Crippen LogP contribution >= 0.6 is 0 Å². The number of unbranched alkanes of at least 4 members (excludes halogenated alkanes) is 1. The molecule has 0 aliphatic carbocycles. The molecule has 1 aromatic carbocycles. The van der Waals surface area contributed by atoms with E-state index in [1.54, 1.807) is 24.3 Å². The Morgan fingerprint density at radius 2 is 1.96 bits per heavy atom. The van der Waals surface area contributed by atoms with E-state index >= 15 is 0 Å². The zero-order valence-electron chi connectivity index (χ0n) is 14.0. The number of phenols is 1. The van der Waals surface area contributed by atoms with Gasteiger partial charge in [-0.15, -0.1) is 0 Å². The number of aliphatic hydroxyl groups excluding tert-OH is 3. The van der Waals surface area contributed by atoms with Gasteiger partial charge in [0.05, 0.1) is 12.7 Å². The Labute approximate surface area is 139 Å². The van der Waals surface area contributed by atoms with E-state index in [-0.39, 0.29) is 24.9 Å². The lowest BCUT2D eigenvalue weighted by Crippen LogP contribution is -2.07. The molecule has 0 heterocycles. The number of benzene rings is 1. The molecule has 0 aliphatic rings. The maximum Gasteiger partial charge on any atom is 0.121 e. The molecule has 0 amide bonds. The minimum absolute atomic E-state index is 0.0961. The first kappa shape index (κ1) is 19.7. The van der Waals surface area contributed by atoms with Gasteiger partial charge in [0.1, 0.15) is 5.75 Å². The van der Waals surface area contributed by atoms with E-state index in [1.165, 1.54) is 0 Å². The predicted molar refractivity (Wildman–Crippen MR) is 92.2 cm³/mol. The number of hydrogen-bond acceptors (Lipinski definition) is 4. The first-order valence-electron chi connectivity index (χ1n) is 8.47. The van der Waals surface area contributed by atoms with E-state index in [9.17, 15) is 15.3 Å². The number of hydrogen-bond donors (Lipinski definition) is 4. The minimum atomic E-state index is -0.521. The SMILES string of the molecule is CCCCC(CO)C/C=C/C(O)CCc1ccc(O)c(CO)c1. The molecular weight excluding hydrogens is 292 g/mol. The van der Waals surface area contributed by atoms with E-state index in [1.807, 2.05) is 6.08 Å². The third-order valence-corrected chi connectivity index (χ3v) is 4.09. The van der Waals surface area contributed by atoms with Crippen molar-refractivity contribution in [3.63, 3.8) is 0 Å². The first-order chi connectivity index (χ1) is 11.1. The van der Waals surface area contributed by atoms with Crippen molar-refractivity contribution in [2.75, 3.05) is 6.61 Å². The summed E-state index contributed by atoms with van der Waals surface area (Å²) in [5, 5.41) is 38.0. The smallest absolute Gasteiger partial charge is 0.121 e. The fourth-order valence-corrected chi connectivity index (χ4v) is 2.54. The van der Waals surface area contributed by atoms with Crippen LogP contribution in [0.3, 0.4) is 0 Å². The fourth-order valence-electron chi connectivity index (χ4n) is 2.54. The monoisotopic (exact) mass is 322 g/mol. The Kier molecular flexibility index (Phi) is 9.60. The molecule has 0 bridgehead atoms. The second kappa shape index (κ2) is 11.2. The van der Waals surface area contributed by atoms with Gasteiger partial charge in [-0.05, 0) is 49.3 Å². The molecule has 4 heteroatoms. The molecule has 2 unspecified atom stereocenters. The average molecular weight is 322 g/mol. The summed E-state index contributed by atoms with van der Waals surface area (Å²) in [5.74, 6) is 0.376. The minimum Gasteiger partial charge on any atom is -0.508 e. The van der Waals surface area contributed by atoms with Gasteiger partial charge in [-0.3, -0.25) is 0 Å². The van der Waals surface area contributed by atoms with E-state index in [2.05, 4.69) is 6.92 Å². The summed E-state index contributed by atoms with van der Waals surface area (Å²) < 4.78 is 0. The molecule has 0 radical (unpaired) electrons. The van der Waals surface area contributed by atoms with Gasteiger partial charge < -0.3 is 20.4 Å². The number of rotatable bonds is 11. The second-order valence-electron chi connectivity index (χ2n) is 6.08. The van der Waals surface area contributed by atoms with Crippen LogP contribution in [0.5, 0.6) is 5.75 Å². The zero-order chi connectivity index (χ0) is 17.1. The predicted octanol–water partition coefficient (Wildman–Crippen LogP) is 2.92. The van der Waals surface area contributed by atoms with Crippen molar-refractivity contribution in [3.8, 4) is 5.75 Å². The van der Waals surface area contributed by atoms with Crippen LogP contribution in [0, 0.1) is 5.92 Å². The van der Waals surface area contributed by atoms with Crippen molar-refractivity contribution in [3.05, 3.63) is 41.5 Å². The van der Waals surface area contributed by atoms with Crippen LogP contribution in [0.4, 0.5) is 0 Å². The molecule has 0 aromatic heterocycles. The average Bonchev–Trinajstić information content (AvgIpc) is 2.57. The molecule has 23 heavy (non-hydrogen) atoms. The Morgan fingerprint density at radius 1 is 1.17 bits per heavy atom. The highest BCUT2D eigenvalue weighted by atomic mass is 16.3. The van der Waals surface area contributed by atoms with Crippen LogP contribution < -0.4 is 0 Å². The lowest BCUT2D eigenvalue weighted by atomic mass is 9.98. The van der Waals surface area contributed by atoms with Crippen molar-refractivity contribution >= 4 is 0 Å². The molecule has 0 saturated heterocycles. The van der Waals surface area contributed by atoms with E-state index in [0.717, 1.165) is 31.2 Å².